The Morgan fingerprint density at radius 1 is 1.19 bits per heavy atom. The molecular formula is C10H15F3N2O. The van der Waals surface area contributed by atoms with Crippen molar-refractivity contribution in [3.8, 4) is 5.88 Å². The van der Waals surface area contributed by atoms with Crippen LogP contribution in [0.25, 0.3) is 0 Å². The zero-order valence-corrected chi connectivity index (χ0v) is 9.94. The maximum Gasteiger partial charge on any atom is 0.423 e. The van der Waals surface area contributed by atoms with Crippen molar-refractivity contribution in [2.75, 3.05) is 7.11 Å². The minimum absolute atomic E-state index is 0.0701. The van der Waals surface area contributed by atoms with E-state index in [1.54, 1.807) is 20.8 Å². The number of methoxy groups -OCH3 is 1. The van der Waals surface area contributed by atoms with Crippen LogP contribution in [0.5, 0.6) is 5.88 Å². The lowest BCUT2D eigenvalue weighted by atomic mass is 10.1. The van der Waals surface area contributed by atoms with Gasteiger partial charge >= 0.3 is 6.18 Å². The molecule has 0 aromatic carbocycles. The smallest absolute Gasteiger partial charge is 0.423 e. The second-order valence-corrected chi connectivity index (χ2v) is 4.55. The van der Waals surface area contributed by atoms with Crippen molar-refractivity contribution in [2.45, 2.75) is 39.4 Å². The van der Waals surface area contributed by atoms with Crippen LogP contribution >= 0.6 is 0 Å². The molecule has 1 rings (SSSR count). The van der Waals surface area contributed by atoms with Crippen LogP contribution in [0.15, 0.2) is 0 Å². The molecule has 16 heavy (non-hydrogen) atoms. The van der Waals surface area contributed by atoms with E-state index in [4.69, 9.17) is 4.74 Å². The van der Waals surface area contributed by atoms with Crippen LogP contribution in [0.1, 0.15) is 32.0 Å². The number of hydrogen-bond acceptors (Lipinski definition) is 2. The normalized spacial score (nSPS) is 13.0. The van der Waals surface area contributed by atoms with Crippen LogP contribution in [0, 0.1) is 6.92 Å². The van der Waals surface area contributed by atoms with Gasteiger partial charge in [-0.1, -0.05) is 0 Å². The highest BCUT2D eigenvalue weighted by Gasteiger charge is 2.41. The summed E-state index contributed by atoms with van der Waals surface area (Å²) < 4.78 is 44.4. The molecule has 92 valence electrons. The maximum absolute atomic E-state index is 12.8. The summed E-state index contributed by atoms with van der Waals surface area (Å²) in [4.78, 5) is 0. The van der Waals surface area contributed by atoms with Crippen LogP contribution in [0.4, 0.5) is 13.2 Å². The standard InChI is InChI=1S/C10H15F3N2O/c1-6-7(10(11,12)13)8(16-5)15(14-6)9(2,3)4/h1-5H3. The molecule has 0 fully saturated rings. The first kappa shape index (κ1) is 12.9. The highest BCUT2D eigenvalue weighted by atomic mass is 19.4. The van der Waals surface area contributed by atoms with Crippen LogP contribution in [-0.2, 0) is 11.7 Å². The third-order valence-electron chi connectivity index (χ3n) is 2.13. The maximum atomic E-state index is 12.8. The van der Waals surface area contributed by atoms with Crippen LogP contribution in [-0.4, -0.2) is 16.9 Å². The van der Waals surface area contributed by atoms with Gasteiger partial charge in [0.1, 0.15) is 5.56 Å². The average Bonchev–Trinajstić information content (AvgIpc) is 2.40. The molecule has 0 saturated carbocycles. The average molecular weight is 236 g/mol. The summed E-state index contributed by atoms with van der Waals surface area (Å²) in [5.41, 5.74) is -1.43. The fraction of sp³-hybridized carbons (Fsp3) is 0.700. The quantitative estimate of drug-likeness (QED) is 0.749. The predicted octanol–water partition coefficient (Wildman–Crippen LogP) is 2.97. The molecule has 3 nitrogen and oxygen atoms in total. The van der Waals surface area contributed by atoms with Crippen LogP contribution in [0.2, 0.25) is 0 Å². The van der Waals surface area contributed by atoms with Gasteiger partial charge in [0.05, 0.1) is 18.3 Å². The Morgan fingerprint density at radius 3 is 2.00 bits per heavy atom. The van der Waals surface area contributed by atoms with Crippen molar-refractivity contribution in [3.63, 3.8) is 0 Å². The molecule has 0 aliphatic rings. The number of nitrogens with zero attached hydrogens (tertiary/aromatic N) is 2. The van der Waals surface area contributed by atoms with Crippen molar-refractivity contribution in [1.82, 2.24) is 9.78 Å². The van der Waals surface area contributed by atoms with Crippen molar-refractivity contribution >= 4 is 0 Å². The Kier molecular flexibility index (Phi) is 2.96. The first-order valence-electron chi connectivity index (χ1n) is 4.80. The Labute approximate surface area is 92.2 Å². The lowest BCUT2D eigenvalue weighted by Crippen LogP contribution is -2.24. The Hall–Kier alpha value is -1.20. The van der Waals surface area contributed by atoms with E-state index >= 15 is 0 Å². The second-order valence-electron chi connectivity index (χ2n) is 4.55. The first-order valence-corrected chi connectivity index (χ1v) is 4.80. The molecule has 0 saturated heterocycles. The first-order chi connectivity index (χ1) is 7.09. The number of rotatable bonds is 1. The largest absolute Gasteiger partial charge is 0.481 e. The van der Waals surface area contributed by atoms with Gasteiger partial charge in [0.2, 0.25) is 5.88 Å². The molecule has 0 bridgehead atoms. The van der Waals surface area contributed by atoms with Crippen molar-refractivity contribution in [3.05, 3.63) is 11.3 Å². The molecule has 0 amide bonds. The number of alkyl halides is 3. The monoisotopic (exact) mass is 236 g/mol. The van der Waals surface area contributed by atoms with Gasteiger partial charge in [-0.3, -0.25) is 0 Å². The SMILES string of the molecule is COc1c(C(F)(F)F)c(C)nn1C(C)(C)C. The lowest BCUT2D eigenvalue weighted by Gasteiger charge is -2.21. The summed E-state index contributed by atoms with van der Waals surface area (Å²) in [7, 11) is 1.22. The summed E-state index contributed by atoms with van der Waals surface area (Å²) in [6.07, 6.45) is -4.45. The molecule has 0 aliphatic heterocycles. The van der Waals surface area contributed by atoms with Crippen molar-refractivity contribution in [1.29, 1.82) is 0 Å². The van der Waals surface area contributed by atoms with Gasteiger partial charge in [0, 0.05) is 0 Å². The van der Waals surface area contributed by atoms with Gasteiger partial charge in [0.25, 0.3) is 0 Å². The third-order valence-corrected chi connectivity index (χ3v) is 2.13. The molecule has 0 spiro atoms. The summed E-state index contributed by atoms with van der Waals surface area (Å²) >= 11 is 0. The summed E-state index contributed by atoms with van der Waals surface area (Å²) in [5.74, 6) is -0.238. The van der Waals surface area contributed by atoms with Gasteiger partial charge in [-0.2, -0.15) is 18.3 Å². The number of aromatic nitrogens is 2. The van der Waals surface area contributed by atoms with Crippen LogP contribution in [0.3, 0.4) is 0 Å². The van der Waals surface area contributed by atoms with E-state index in [9.17, 15) is 13.2 Å². The van der Waals surface area contributed by atoms with Crippen LogP contribution < -0.4 is 4.74 Å². The molecule has 0 radical (unpaired) electrons. The number of hydrogen-bond donors (Lipinski definition) is 0. The highest BCUT2D eigenvalue weighted by molar-refractivity contribution is 5.34. The van der Waals surface area contributed by atoms with Gasteiger partial charge in [-0.15, -0.1) is 0 Å². The fourth-order valence-corrected chi connectivity index (χ4v) is 1.48. The van der Waals surface area contributed by atoms with Gasteiger partial charge in [-0.05, 0) is 27.7 Å². The van der Waals surface area contributed by atoms with E-state index in [2.05, 4.69) is 5.10 Å². The summed E-state index contributed by atoms with van der Waals surface area (Å²) in [6, 6.07) is 0. The van der Waals surface area contributed by atoms with E-state index < -0.39 is 17.3 Å². The Balaban J connectivity index is 3.48. The van der Waals surface area contributed by atoms with Crippen molar-refractivity contribution < 1.29 is 17.9 Å². The zero-order valence-electron chi connectivity index (χ0n) is 9.94. The predicted molar refractivity (Wildman–Crippen MR) is 53.5 cm³/mol. The minimum atomic E-state index is -4.45. The van der Waals surface area contributed by atoms with E-state index in [0.717, 1.165) is 0 Å². The summed E-state index contributed by atoms with van der Waals surface area (Å²) in [5, 5.41) is 3.89. The highest BCUT2D eigenvalue weighted by Crippen LogP contribution is 2.40. The number of halogens is 3. The van der Waals surface area contributed by atoms with E-state index in [0.29, 0.717) is 0 Å². The summed E-state index contributed by atoms with van der Waals surface area (Å²) in [6.45, 7) is 6.62. The zero-order chi connectivity index (χ0) is 12.7. The molecule has 0 unspecified atom stereocenters. The Morgan fingerprint density at radius 2 is 1.69 bits per heavy atom. The molecule has 0 atom stereocenters. The van der Waals surface area contributed by atoms with Crippen molar-refractivity contribution in [2.24, 2.45) is 0 Å². The molecule has 1 aromatic rings. The van der Waals surface area contributed by atoms with E-state index in [1.807, 2.05) is 0 Å². The molecule has 0 aliphatic carbocycles. The second kappa shape index (κ2) is 3.68. The fourth-order valence-electron chi connectivity index (χ4n) is 1.48. The van der Waals surface area contributed by atoms with Gasteiger partial charge < -0.3 is 4.74 Å². The topological polar surface area (TPSA) is 27.1 Å². The minimum Gasteiger partial charge on any atom is -0.481 e. The lowest BCUT2D eigenvalue weighted by molar-refractivity contribution is -0.139. The van der Waals surface area contributed by atoms with E-state index in [1.165, 1.54) is 18.7 Å². The molecule has 0 N–H and O–H groups in total. The number of ether oxygens (including phenoxy) is 1. The van der Waals surface area contributed by atoms with Gasteiger partial charge in [0.15, 0.2) is 0 Å². The third kappa shape index (κ3) is 2.15. The molecule has 1 heterocycles. The molecular weight excluding hydrogens is 221 g/mol. The number of aryl methyl sites for hydroxylation is 1. The molecule has 1 aromatic heterocycles. The van der Waals surface area contributed by atoms with E-state index in [-0.39, 0.29) is 11.6 Å². The Bertz CT molecular complexity index is 388. The molecule has 6 heteroatoms. The van der Waals surface area contributed by atoms with Gasteiger partial charge in [-0.25, -0.2) is 4.68 Å².